The highest BCUT2D eigenvalue weighted by molar-refractivity contribution is 5.88. The van der Waals surface area contributed by atoms with Gasteiger partial charge in [-0.05, 0) is 73.4 Å². The van der Waals surface area contributed by atoms with Gasteiger partial charge in [0.15, 0.2) is 0 Å². The van der Waals surface area contributed by atoms with E-state index in [-0.39, 0.29) is 5.75 Å². The summed E-state index contributed by atoms with van der Waals surface area (Å²) in [5.74, 6) is 1.55. The van der Waals surface area contributed by atoms with Crippen LogP contribution in [0.4, 0.5) is 0 Å². The fraction of sp³-hybridized carbons (Fsp3) is 0.467. The van der Waals surface area contributed by atoms with Gasteiger partial charge in [-0.3, -0.25) is 9.78 Å². The molecule has 0 aliphatic carbocycles. The number of aromatic nitrogens is 1. The molecule has 1 aromatic heterocycles. The normalized spacial score (nSPS) is 22.0. The molecule has 34 heavy (non-hydrogen) atoms. The van der Waals surface area contributed by atoms with Gasteiger partial charge in [-0.15, -0.1) is 0 Å². The number of phenolic OH excluding ortho intramolecular Hbond substituents is 1. The summed E-state index contributed by atoms with van der Waals surface area (Å²) in [6.07, 6.45) is 11.5. The summed E-state index contributed by atoms with van der Waals surface area (Å²) in [6.45, 7) is 6.38. The number of piperidine rings is 1. The maximum atomic E-state index is 12.1. The number of fused-ring (bicyclic) bond motifs is 3. The Kier molecular flexibility index (Phi) is 7.87. The number of pyridine rings is 1. The van der Waals surface area contributed by atoms with Crippen molar-refractivity contribution in [2.24, 2.45) is 5.92 Å². The fourth-order valence-electron chi connectivity index (χ4n) is 5.83. The lowest BCUT2D eigenvalue weighted by atomic mass is 9.83. The quantitative estimate of drug-likeness (QED) is 0.449. The molecule has 0 saturated carbocycles. The maximum Gasteiger partial charge on any atom is 0.222 e. The van der Waals surface area contributed by atoms with E-state index in [1.807, 2.05) is 31.3 Å². The van der Waals surface area contributed by atoms with Gasteiger partial charge < -0.3 is 10.0 Å². The molecular weight excluding hydrogens is 420 g/mol. The third-order valence-electron chi connectivity index (χ3n) is 7.70. The first-order valence-corrected chi connectivity index (χ1v) is 13.0. The van der Waals surface area contributed by atoms with E-state index in [2.05, 4.69) is 41.9 Å². The third kappa shape index (κ3) is 5.27. The van der Waals surface area contributed by atoms with Crippen LogP contribution in [0.2, 0.25) is 0 Å². The lowest BCUT2D eigenvalue weighted by Gasteiger charge is -2.44. The van der Waals surface area contributed by atoms with E-state index in [0.29, 0.717) is 24.4 Å². The monoisotopic (exact) mass is 458 g/mol. The summed E-state index contributed by atoms with van der Waals surface area (Å²) in [5.41, 5.74) is 4.45. The van der Waals surface area contributed by atoms with Crippen molar-refractivity contribution in [2.45, 2.75) is 84.2 Å². The Morgan fingerprint density at radius 1 is 1.00 bits per heavy atom. The van der Waals surface area contributed by atoms with Crippen molar-refractivity contribution in [3.05, 3.63) is 60.3 Å². The van der Waals surface area contributed by atoms with E-state index in [1.54, 1.807) is 12.1 Å². The molecule has 2 aliphatic heterocycles. The molecule has 180 valence electrons. The van der Waals surface area contributed by atoms with Crippen LogP contribution in [0.5, 0.6) is 5.75 Å². The first-order chi connectivity index (χ1) is 16.5. The minimum Gasteiger partial charge on any atom is -0.508 e. The molecule has 1 N–H and O–H groups in total. The average Bonchev–Trinajstić information content (AvgIpc) is 3.00. The third-order valence-corrected chi connectivity index (χ3v) is 7.70. The molecular formula is C30H38N2O2. The van der Waals surface area contributed by atoms with Gasteiger partial charge in [0.2, 0.25) is 5.91 Å². The SMILES string of the molecule is CCC(=O)N1[C@@H]2CCCC[C@H]1CC(CC)C2.Cc1c(-c2ccc(O)cc2)ccc2cccnc12. The van der Waals surface area contributed by atoms with Crippen LogP contribution in [0.15, 0.2) is 54.7 Å². The van der Waals surface area contributed by atoms with Crippen molar-refractivity contribution in [3.63, 3.8) is 0 Å². The van der Waals surface area contributed by atoms with Gasteiger partial charge in [-0.25, -0.2) is 0 Å². The average molecular weight is 459 g/mol. The Morgan fingerprint density at radius 2 is 1.68 bits per heavy atom. The van der Waals surface area contributed by atoms with Crippen molar-refractivity contribution >= 4 is 16.8 Å². The smallest absolute Gasteiger partial charge is 0.222 e. The van der Waals surface area contributed by atoms with Gasteiger partial charge in [-0.1, -0.05) is 63.4 Å². The zero-order chi connectivity index (χ0) is 24.1. The molecule has 2 bridgehead atoms. The van der Waals surface area contributed by atoms with E-state index in [9.17, 15) is 9.90 Å². The molecule has 1 unspecified atom stereocenters. The summed E-state index contributed by atoms with van der Waals surface area (Å²) in [4.78, 5) is 18.8. The van der Waals surface area contributed by atoms with Crippen LogP contribution in [0.3, 0.4) is 0 Å². The van der Waals surface area contributed by atoms with Crippen LogP contribution in [0.1, 0.15) is 70.8 Å². The standard InChI is InChI=1S/C16H13NO.C14H25NO/c1-11-15(12-4-7-14(18)8-5-12)9-6-13-3-2-10-17-16(11)13;1-3-11-9-12-7-5-6-8-13(10-11)15(12)14(16)4-2/h2-10,18H,1H3;11-13H,3-10H2,1-2H3/t;11?,12-,13+. The van der Waals surface area contributed by atoms with Crippen molar-refractivity contribution in [2.75, 3.05) is 0 Å². The molecule has 2 aromatic carbocycles. The zero-order valence-electron chi connectivity index (χ0n) is 20.8. The van der Waals surface area contributed by atoms with Gasteiger partial charge in [0.1, 0.15) is 5.75 Å². The number of hydrogen-bond donors (Lipinski definition) is 1. The molecule has 3 atom stereocenters. The molecule has 2 fully saturated rings. The predicted molar refractivity (Wildman–Crippen MR) is 140 cm³/mol. The lowest BCUT2D eigenvalue weighted by Crippen LogP contribution is -2.51. The number of benzene rings is 2. The van der Waals surface area contributed by atoms with E-state index in [1.165, 1.54) is 50.5 Å². The molecule has 5 rings (SSSR count). The predicted octanol–water partition coefficient (Wildman–Crippen LogP) is 7.27. The minimum absolute atomic E-state index is 0.287. The van der Waals surface area contributed by atoms with Gasteiger partial charge in [0.25, 0.3) is 0 Å². The van der Waals surface area contributed by atoms with Crippen LogP contribution < -0.4 is 0 Å². The van der Waals surface area contributed by atoms with E-state index in [4.69, 9.17) is 0 Å². The van der Waals surface area contributed by atoms with Gasteiger partial charge in [-0.2, -0.15) is 0 Å². The summed E-state index contributed by atoms with van der Waals surface area (Å²) in [5, 5.41) is 10.5. The first kappa shape index (κ1) is 24.3. The Morgan fingerprint density at radius 3 is 2.29 bits per heavy atom. The molecule has 3 aromatic rings. The molecule has 0 radical (unpaired) electrons. The van der Waals surface area contributed by atoms with Crippen molar-refractivity contribution < 1.29 is 9.90 Å². The summed E-state index contributed by atoms with van der Waals surface area (Å²) < 4.78 is 0. The van der Waals surface area contributed by atoms with Crippen LogP contribution in [0.25, 0.3) is 22.0 Å². The van der Waals surface area contributed by atoms with Gasteiger partial charge in [0, 0.05) is 30.1 Å². The Bertz CT molecular complexity index is 1090. The highest BCUT2D eigenvalue weighted by Gasteiger charge is 2.38. The Balaban J connectivity index is 0.000000162. The second-order valence-corrected chi connectivity index (χ2v) is 9.85. The van der Waals surface area contributed by atoms with Crippen molar-refractivity contribution in [1.82, 2.24) is 9.88 Å². The number of rotatable bonds is 3. The van der Waals surface area contributed by atoms with Crippen LogP contribution in [0, 0.1) is 12.8 Å². The number of phenols is 1. The number of nitrogens with zero attached hydrogens (tertiary/aromatic N) is 2. The first-order valence-electron chi connectivity index (χ1n) is 13.0. The number of hydrogen-bond acceptors (Lipinski definition) is 3. The summed E-state index contributed by atoms with van der Waals surface area (Å²) in [6, 6.07) is 16.6. The maximum absolute atomic E-state index is 12.1. The second-order valence-electron chi connectivity index (χ2n) is 9.85. The minimum atomic E-state index is 0.287. The van der Waals surface area contributed by atoms with Crippen LogP contribution >= 0.6 is 0 Å². The molecule has 4 nitrogen and oxygen atoms in total. The topological polar surface area (TPSA) is 53.4 Å². The lowest BCUT2D eigenvalue weighted by molar-refractivity contribution is -0.139. The zero-order valence-corrected chi connectivity index (χ0v) is 20.8. The summed E-state index contributed by atoms with van der Waals surface area (Å²) in [7, 11) is 0. The number of carbonyl (C=O) groups is 1. The molecule has 2 aliphatic rings. The van der Waals surface area contributed by atoms with Crippen molar-refractivity contribution in [1.29, 1.82) is 0 Å². The highest BCUT2D eigenvalue weighted by Crippen LogP contribution is 2.37. The highest BCUT2D eigenvalue weighted by atomic mass is 16.3. The van der Waals surface area contributed by atoms with Gasteiger partial charge >= 0.3 is 0 Å². The van der Waals surface area contributed by atoms with E-state index in [0.717, 1.165) is 27.9 Å². The largest absolute Gasteiger partial charge is 0.508 e. The molecule has 2 saturated heterocycles. The number of aryl methyl sites for hydroxylation is 1. The molecule has 3 heterocycles. The number of aromatic hydroxyl groups is 1. The Labute approximate surface area is 204 Å². The van der Waals surface area contributed by atoms with Crippen LogP contribution in [-0.2, 0) is 4.79 Å². The molecule has 0 spiro atoms. The van der Waals surface area contributed by atoms with Crippen molar-refractivity contribution in [3.8, 4) is 16.9 Å². The Hall–Kier alpha value is -2.88. The fourth-order valence-corrected chi connectivity index (χ4v) is 5.83. The van der Waals surface area contributed by atoms with Gasteiger partial charge in [0.05, 0.1) is 5.52 Å². The molecule has 1 amide bonds. The van der Waals surface area contributed by atoms with E-state index >= 15 is 0 Å². The molecule has 4 heteroatoms. The van der Waals surface area contributed by atoms with E-state index < -0.39 is 0 Å². The number of amides is 1. The number of carbonyl (C=O) groups excluding carboxylic acids is 1. The summed E-state index contributed by atoms with van der Waals surface area (Å²) >= 11 is 0. The van der Waals surface area contributed by atoms with Crippen LogP contribution in [-0.4, -0.2) is 33.0 Å². The second kappa shape index (κ2) is 11.0.